The average Bonchev–Trinajstić information content (AvgIpc) is 3.10. The van der Waals surface area contributed by atoms with Crippen LogP contribution in [-0.4, -0.2) is 21.8 Å². The Hall–Kier alpha value is -2.70. The minimum atomic E-state index is -0.296. The van der Waals surface area contributed by atoms with E-state index in [1.54, 1.807) is 11.3 Å². The molecule has 1 amide bonds. The fourth-order valence-corrected chi connectivity index (χ4v) is 4.15. The second-order valence-electron chi connectivity index (χ2n) is 6.93. The number of aryl methyl sites for hydroxylation is 1. The molecule has 0 fully saturated rings. The van der Waals surface area contributed by atoms with E-state index in [-0.39, 0.29) is 11.9 Å². The van der Waals surface area contributed by atoms with Gasteiger partial charge in [0.2, 0.25) is 5.91 Å². The van der Waals surface area contributed by atoms with Crippen molar-refractivity contribution in [1.82, 2.24) is 9.88 Å². The number of rotatable bonds is 5. The van der Waals surface area contributed by atoms with Crippen molar-refractivity contribution in [2.45, 2.75) is 32.5 Å². The first-order valence-corrected chi connectivity index (χ1v) is 9.85. The van der Waals surface area contributed by atoms with Crippen LogP contribution in [0.1, 0.15) is 22.4 Å². The molecule has 0 bridgehead atoms. The van der Waals surface area contributed by atoms with Crippen LogP contribution in [0.5, 0.6) is 0 Å². The summed E-state index contributed by atoms with van der Waals surface area (Å²) in [4.78, 5) is 18.8. The average molecular weight is 379 g/mol. The molecule has 2 heterocycles. The molecule has 6 heteroatoms. The van der Waals surface area contributed by atoms with Crippen LogP contribution >= 0.6 is 11.3 Å². The first-order chi connectivity index (χ1) is 13.1. The van der Waals surface area contributed by atoms with Crippen LogP contribution in [0.2, 0.25) is 0 Å². The van der Waals surface area contributed by atoms with E-state index in [4.69, 9.17) is 5.73 Å². The molecule has 3 N–H and O–H groups in total. The Labute approximate surface area is 162 Å². The first kappa shape index (κ1) is 17.7. The number of nitrogens with two attached hydrogens (primary N) is 1. The third-order valence-electron chi connectivity index (χ3n) is 4.89. The van der Waals surface area contributed by atoms with Crippen molar-refractivity contribution < 1.29 is 4.79 Å². The molecule has 0 spiro atoms. The standard InChI is InChI=1S/C21H22N4OS/c1-14-6-8-17(9-7-14)23-21-24-18(13-27-21)12-25-11-16-5-3-2-4-15(16)10-19(25)20(22)26/h2-9,13,19H,10-12H2,1H3,(H2,22,26)(H,23,24). The van der Waals surface area contributed by atoms with Gasteiger partial charge in [0.1, 0.15) is 0 Å². The quantitative estimate of drug-likeness (QED) is 0.711. The van der Waals surface area contributed by atoms with Gasteiger partial charge in [0.25, 0.3) is 0 Å². The molecule has 2 aromatic carbocycles. The summed E-state index contributed by atoms with van der Waals surface area (Å²) in [6, 6.07) is 16.2. The molecule has 0 aliphatic carbocycles. The van der Waals surface area contributed by atoms with Crippen LogP contribution in [-0.2, 0) is 24.3 Å². The highest BCUT2D eigenvalue weighted by Gasteiger charge is 2.30. The number of carbonyl (C=O) groups excluding carboxylic acids is 1. The van der Waals surface area contributed by atoms with Crippen LogP contribution in [0.15, 0.2) is 53.9 Å². The van der Waals surface area contributed by atoms with E-state index in [1.807, 2.05) is 29.6 Å². The van der Waals surface area contributed by atoms with E-state index >= 15 is 0 Å². The lowest BCUT2D eigenvalue weighted by Gasteiger charge is -2.34. The molecule has 27 heavy (non-hydrogen) atoms. The summed E-state index contributed by atoms with van der Waals surface area (Å²) < 4.78 is 0. The number of primary amides is 1. The van der Waals surface area contributed by atoms with Crippen LogP contribution in [0.3, 0.4) is 0 Å². The van der Waals surface area contributed by atoms with Gasteiger partial charge in [-0.25, -0.2) is 4.98 Å². The maximum atomic E-state index is 12.0. The number of fused-ring (bicyclic) bond motifs is 1. The number of benzene rings is 2. The normalized spacial score (nSPS) is 16.7. The van der Waals surface area contributed by atoms with Gasteiger partial charge in [-0.1, -0.05) is 42.0 Å². The molecule has 1 atom stereocenters. The summed E-state index contributed by atoms with van der Waals surface area (Å²) in [6.07, 6.45) is 0.657. The smallest absolute Gasteiger partial charge is 0.235 e. The van der Waals surface area contributed by atoms with Crippen LogP contribution in [0, 0.1) is 6.92 Å². The van der Waals surface area contributed by atoms with Gasteiger partial charge >= 0.3 is 0 Å². The van der Waals surface area contributed by atoms with Crippen LogP contribution in [0.25, 0.3) is 0 Å². The van der Waals surface area contributed by atoms with Crippen molar-refractivity contribution in [3.8, 4) is 0 Å². The number of nitrogens with zero attached hydrogens (tertiary/aromatic N) is 2. The summed E-state index contributed by atoms with van der Waals surface area (Å²) in [5.74, 6) is -0.280. The molecular formula is C21H22N4OS. The molecule has 5 nitrogen and oxygen atoms in total. The zero-order valence-electron chi connectivity index (χ0n) is 15.2. The van der Waals surface area contributed by atoms with Gasteiger partial charge in [0, 0.05) is 24.2 Å². The van der Waals surface area contributed by atoms with Crippen molar-refractivity contribution in [2.75, 3.05) is 5.32 Å². The number of anilines is 2. The lowest BCUT2D eigenvalue weighted by atomic mass is 9.93. The van der Waals surface area contributed by atoms with E-state index in [2.05, 4.69) is 46.4 Å². The molecule has 3 aromatic rings. The summed E-state index contributed by atoms with van der Waals surface area (Å²) in [7, 11) is 0. The molecule has 138 valence electrons. The highest BCUT2D eigenvalue weighted by Crippen LogP contribution is 2.27. The van der Waals surface area contributed by atoms with Gasteiger partial charge in [-0.15, -0.1) is 11.3 Å². The summed E-state index contributed by atoms with van der Waals surface area (Å²) >= 11 is 1.57. The monoisotopic (exact) mass is 378 g/mol. The van der Waals surface area contributed by atoms with Gasteiger partial charge < -0.3 is 11.1 Å². The molecule has 0 saturated heterocycles. The predicted molar refractivity (Wildman–Crippen MR) is 109 cm³/mol. The fraction of sp³-hybridized carbons (Fsp3) is 0.238. The minimum absolute atomic E-state index is 0.280. The van der Waals surface area contributed by atoms with Crippen molar-refractivity contribution in [1.29, 1.82) is 0 Å². The van der Waals surface area contributed by atoms with Crippen molar-refractivity contribution in [3.63, 3.8) is 0 Å². The van der Waals surface area contributed by atoms with Crippen LogP contribution < -0.4 is 11.1 Å². The topological polar surface area (TPSA) is 71.2 Å². The Morgan fingerprint density at radius 2 is 1.96 bits per heavy atom. The van der Waals surface area contributed by atoms with E-state index in [0.29, 0.717) is 19.5 Å². The van der Waals surface area contributed by atoms with Crippen molar-refractivity contribution in [3.05, 3.63) is 76.3 Å². The minimum Gasteiger partial charge on any atom is -0.368 e. The van der Waals surface area contributed by atoms with Gasteiger partial charge in [-0.2, -0.15) is 0 Å². The third-order valence-corrected chi connectivity index (χ3v) is 5.70. The number of carbonyl (C=O) groups is 1. The molecular weight excluding hydrogens is 356 g/mol. The lowest BCUT2D eigenvalue weighted by Crippen LogP contribution is -2.48. The molecule has 1 aliphatic rings. The Balaban J connectivity index is 1.49. The molecule has 1 aliphatic heterocycles. The zero-order valence-corrected chi connectivity index (χ0v) is 16.0. The van der Waals surface area contributed by atoms with Crippen molar-refractivity contribution in [2.24, 2.45) is 5.73 Å². The number of hydrogen-bond acceptors (Lipinski definition) is 5. The predicted octanol–water partition coefficient (Wildman–Crippen LogP) is 3.61. The maximum absolute atomic E-state index is 12.0. The van der Waals surface area contributed by atoms with E-state index < -0.39 is 0 Å². The Morgan fingerprint density at radius 1 is 1.22 bits per heavy atom. The van der Waals surface area contributed by atoms with Gasteiger partial charge in [-0.05, 0) is 36.6 Å². The number of aromatic nitrogens is 1. The Kier molecular flexibility index (Phi) is 4.92. The molecule has 1 aromatic heterocycles. The largest absolute Gasteiger partial charge is 0.368 e. The first-order valence-electron chi connectivity index (χ1n) is 8.97. The number of thiazole rings is 1. The van der Waals surface area contributed by atoms with E-state index in [0.717, 1.165) is 16.5 Å². The third kappa shape index (κ3) is 4.02. The number of amides is 1. The highest BCUT2D eigenvalue weighted by molar-refractivity contribution is 7.13. The fourth-order valence-electron chi connectivity index (χ4n) is 3.43. The summed E-state index contributed by atoms with van der Waals surface area (Å²) in [5, 5.41) is 6.22. The summed E-state index contributed by atoms with van der Waals surface area (Å²) in [5.41, 5.74) is 11.3. The van der Waals surface area contributed by atoms with Gasteiger partial charge in [0.05, 0.1) is 11.7 Å². The van der Waals surface area contributed by atoms with Gasteiger partial charge in [0.15, 0.2) is 5.13 Å². The Bertz CT molecular complexity index is 951. The molecule has 4 rings (SSSR count). The second-order valence-corrected chi connectivity index (χ2v) is 7.79. The molecule has 0 radical (unpaired) electrons. The number of hydrogen-bond donors (Lipinski definition) is 2. The number of nitrogens with one attached hydrogen (secondary N) is 1. The SMILES string of the molecule is Cc1ccc(Nc2nc(CN3Cc4ccccc4CC3C(N)=O)cs2)cc1. The Morgan fingerprint density at radius 3 is 2.70 bits per heavy atom. The highest BCUT2D eigenvalue weighted by atomic mass is 32.1. The second kappa shape index (κ2) is 7.50. The molecule has 1 unspecified atom stereocenters. The maximum Gasteiger partial charge on any atom is 0.235 e. The van der Waals surface area contributed by atoms with Crippen molar-refractivity contribution >= 4 is 28.1 Å². The molecule has 0 saturated carbocycles. The lowest BCUT2D eigenvalue weighted by molar-refractivity contribution is -0.124. The zero-order chi connectivity index (χ0) is 18.8. The van der Waals surface area contributed by atoms with Gasteiger partial charge in [-0.3, -0.25) is 9.69 Å². The van der Waals surface area contributed by atoms with E-state index in [9.17, 15) is 4.79 Å². The van der Waals surface area contributed by atoms with Crippen LogP contribution in [0.4, 0.5) is 10.8 Å². The summed E-state index contributed by atoms with van der Waals surface area (Å²) in [6.45, 7) is 3.38. The van der Waals surface area contributed by atoms with E-state index in [1.165, 1.54) is 16.7 Å².